The van der Waals surface area contributed by atoms with E-state index in [0.717, 1.165) is 38.6 Å². The van der Waals surface area contributed by atoms with Crippen LogP contribution in [0.2, 0.25) is 0 Å². The molecule has 0 atom stereocenters. The summed E-state index contributed by atoms with van der Waals surface area (Å²) in [6.45, 7) is 0. The summed E-state index contributed by atoms with van der Waals surface area (Å²) < 4.78 is 9.72. The highest BCUT2D eigenvalue weighted by atomic mass is 32.1. The second kappa shape index (κ2) is 17.6. The first-order valence-electron chi connectivity index (χ1n) is 28.3. The molecule has 0 amide bonds. The molecule has 0 N–H and O–H groups in total. The summed E-state index contributed by atoms with van der Waals surface area (Å²) in [5, 5.41) is 24.4. The zero-order valence-electron chi connectivity index (χ0n) is 44.4. The van der Waals surface area contributed by atoms with E-state index in [1.807, 2.05) is 11.3 Å². The van der Waals surface area contributed by atoms with Crippen LogP contribution in [0.5, 0.6) is 0 Å². The molecule has 0 saturated heterocycles. The quantitative estimate of drug-likeness (QED) is 0.157. The predicted octanol–water partition coefficient (Wildman–Crippen LogP) is 23.5. The molecule has 82 heavy (non-hydrogen) atoms. The number of hydrogen-bond acceptors (Lipinski definition) is 2. The first kappa shape index (κ1) is 45.5. The van der Waals surface area contributed by atoms with E-state index >= 15 is 0 Å². The van der Waals surface area contributed by atoms with Crippen LogP contribution >= 0.6 is 11.3 Å². The van der Waals surface area contributed by atoms with E-state index in [0.29, 0.717) is 0 Å². The average molecular weight is 1060 g/mol. The van der Waals surface area contributed by atoms with Crippen molar-refractivity contribution in [2.24, 2.45) is 0 Å². The first-order valence-corrected chi connectivity index (χ1v) is 29.1. The zero-order valence-corrected chi connectivity index (χ0v) is 45.2. The van der Waals surface area contributed by atoms with Gasteiger partial charge in [0.1, 0.15) is 11.2 Å². The standard InChI is InChI=1S/C80H46OS/c1-3-21-51-45-72-68(41-49(51)19-1)65-33-15-35-67(80(65)81-72)78-62-30-12-9-27-59(62)75(57-31-13-23-47-17-5-7-25-55(47)57)63-39-37-54(43-70(63)78)53-38-40-64-69(42-53)77(58-32-14-24-48-18-6-8-26-56(48)58)61-29-11-10-28-60(61)76(64)66-34-16-36-73-79(66)71-44-50-20-2-4-22-52(50)46-74(71)82-73/h1-46H. The molecule has 18 rings (SSSR count). The van der Waals surface area contributed by atoms with Gasteiger partial charge in [0.25, 0.3) is 0 Å². The summed E-state index contributed by atoms with van der Waals surface area (Å²) in [5.74, 6) is 0. The van der Waals surface area contributed by atoms with Crippen LogP contribution in [0.4, 0.5) is 0 Å². The van der Waals surface area contributed by atoms with Crippen molar-refractivity contribution in [3.63, 3.8) is 0 Å². The van der Waals surface area contributed by atoms with Crippen molar-refractivity contribution >= 4 is 140 Å². The molecular weight excluding hydrogens is 1010 g/mol. The Morgan fingerprint density at radius 3 is 1.20 bits per heavy atom. The SMILES string of the molecule is c1ccc2cc3c(cc2c1)oc1c(-c2c4ccccc4c(-c4cccc5ccccc45)c4ccc(-c5ccc6c(-c7cccc8sc9cc%10ccccc%10cc9c78)c7ccccc7c(-c7cccc8ccccc78)c6c5)cc24)cccc13. The van der Waals surface area contributed by atoms with Gasteiger partial charge in [-0.3, -0.25) is 0 Å². The second-order valence-corrected chi connectivity index (χ2v) is 23.2. The lowest BCUT2D eigenvalue weighted by Gasteiger charge is -2.21. The van der Waals surface area contributed by atoms with E-state index in [2.05, 4.69) is 279 Å². The fraction of sp³-hybridized carbons (Fsp3) is 0. The number of rotatable bonds is 5. The van der Waals surface area contributed by atoms with Gasteiger partial charge in [0.05, 0.1) is 0 Å². The fourth-order valence-corrected chi connectivity index (χ4v) is 15.3. The third-order valence-electron chi connectivity index (χ3n) is 17.8. The van der Waals surface area contributed by atoms with Crippen LogP contribution in [0.15, 0.2) is 283 Å². The van der Waals surface area contributed by atoms with E-state index < -0.39 is 0 Å². The van der Waals surface area contributed by atoms with E-state index in [9.17, 15) is 0 Å². The van der Waals surface area contributed by atoms with Crippen molar-refractivity contribution in [1.82, 2.24) is 0 Å². The third-order valence-corrected chi connectivity index (χ3v) is 18.9. The summed E-state index contributed by atoms with van der Waals surface area (Å²) in [6.07, 6.45) is 0. The summed E-state index contributed by atoms with van der Waals surface area (Å²) in [4.78, 5) is 0. The topological polar surface area (TPSA) is 13.1 Å². The number of furan rings is 1. The minimum Gasteiger partial charge on any atom is -0.455 e. The second-order valence-electron chi connectivity index (χ2n) is 22.1. The van der Waals surface area contributed by atoms with Crippen LogP contribution in [0.1, 0.15) is 0 Å². The molecule has 0 spiro atoms. The van der Waals surface area contributed by atoms with Crippen molar-refractivity contribution in [3.05, 3.63) is 279 Å². The minimum atomic E-state index is 0.893. The van der Waals surface area contributed by atoms with Crippen LogP contribution in [0, 0.1) is 0 Å². The highest BCUT2D eigenvalue weighted by Gasteiger charge is 2.25. The van der Waals surface area contributed by atoms with E-state index in [-0.39, 0.29) is 0 Å². The lowest BCUT2D eigenvalue weighted by Crippen LogP contribution is -1.94. The van der Waals surface area contributed by atoms with Crippen LogP contribution in [0.3, 0.4) is 0 Å². The van der Waals surface area contributed by atoms with Gasteiger partial charge in [-0.05, 0) is 173 Å². The maximum absolute atomic E-state index is 7.11. The lowest BCUT2D eigenvalue weighted by atomic mass is 9.82. The monoisotopic (exact) mass is 1050 g/mol. The largest absolute Gasteiger partial charge is 0.455 e. The number of hydrogen-bond donors (Lipinski definition) is 0. The van der Waals surface area contributed by atoms with Crippen LogP contribution in [-0.2, 0) is 0 Å². The molecule has 2 aromatic heterocycles. The Balaban J connectivity index is 0.954. The zero-order chi connectivity index (χ0) is 53.6. The molecule has 1 nitrogen and oxygen atoms in total. The smallest absolute Gasteiger partial charge is 0.143 e. The van der Waals surface area contributed by atoms with Gasteiger partial charge in [0.2, 0.25) is 0 Å². The summed E-state index contributed by atoms with van der Waals surface area (Å²) in [5.41, 5.74) is 13.8. The molecule has 0 aliphatic heterocycles. The summed E-state index contributed by atoms with van der Waals surface area (Å²) >= 11 is 1.89. The highest BCUT2D eigenvalue weighted by Crippen LogP contribution is 2.52. The van der Waals surface area contributed by atoms with Crippen molar-refractivity contribution < 1.29 is 4.42 Å². The first-order chi connectivity index (χ1) is 40.7. The Hall–Kier alpha value is -10.4. The Labute approximate surface area is 475 Å². The summed E-state index contributed by atoms with van der Waals surface area (Å²) in [7, 11) is 0. The van der Waals surface area contributed by atoms with Crippen molar-refractivity contribution in [2.45, 2.75) is 0 Å². The number of para-hydroxylation sites is 1. The van der Waals surface area contributed by atoms with Gasteiger partial charge in [0.15, 0.2) is 0 Å². The van der Waals surface area contributed by atoms with Crippen LogP contribution in [-0.4, -0.2) is 0 Å². The van der Waals surface area contributed by atoms with Gasteiger partial charge < -0.3 is 4.42 Å². The van der Waals surface area contributed by atoms with Crippen LogP contribution < -0.4 is 0 Å². The molecule has 0 unspecified atom stereocenters. The van der Waals surface area contributed by atoms with Gasteiger partial charge in [-0.1, -0.05) is 237 Å². The van der Waals surface area contributed by atoms with E-state index in [1.54, 1.807) is 0 Å². The van der Waals surface area contributed by atoms with Crippen molar-refractivity contribution in [2.75, 3.05) is 0 Å². The Morgan fingerprint density at radius 2 is 0.610 bits per heavy atom. The van der Waals surface area contributed by atoms with Crippen molar-refractivity contribution in [1.29, 1.82) is 0 Å². The molecule has 2 heterocycles. The molecule has 378 valence electrons. The van der Waals surface area contributed by atoms with Gasteiger partial charge in [-0.15, -0.1) is 11.3 Å². The number of fused-ring (bicyclic) bond motifs is 14. The lowest BCUT2D eigenvalue weighted by molar-refractivity contribution is 0.670. The van der Waals surface area contributed by atoms with E-state index in [1.165, 1.54) is 145 Å². The Bertz CT molecular complexity index is 5760. The summed E-state index contributed by atoms with van der Waals surface area (Å²) in [6, 6.07) is 104. The number of benzene rings is 16. The molecule has 0 radical (unpaired) electrons. The molecule has 18 aromatic rings. The van der Waals surface area contributed by atoms with Gasteiger partial charge in [-0.25, -0.2) is 0 Å². The van der Waals surface area contributed by atoms with Gasteiger partial charge in [-0.2, -0.15) is 0 Å². The Kier molecular flexibility index (Phi) is 9.74. The molecule has 0 aliphatic rings. The predicted molar refractivity (Wildman–Crippen MR) is 354 cm³/mol. The molecule has 2 heteroatoms. The average Bonchev–Trinajstić information content (AvgIpc) is 2.12. The van der Waals surface area contributed by atoms with Crippen molar-refractivity contribution in [3.8, 4) is 55.6 Å². The molecule has 16 aromatic carbocycles. The fourth-order valence-electron chi connectivity index (χ4n) is 14.2. The maximum Gasteiger partial charge on any atom is 0.143 e. The Morgan fingerprint density at radius 1 is 0.220 bits per heavy atom. The number of thiophene rings is 1. The normalized spacial score (nSPS) is 12.1. The minimum absolute atomic E-state index is 0.893. The van der Waals surface area contributed by atoms with Gasteiger partial charge >= 0.3 is 0 Å². The molecular formula is C80H46OS. The van der Waals surface area contributed by atoms with Crippen LogP contribution in [0.25, 0.3) is 184 Å². The molecule has 0 aliphatic carbocycles. The molecule has 0 saturated carbocycles. The van der Waals surface area contributed by atoms with Gasteiger partial charge in [0, 0.05) is 42.1 Å². The molecule has 0 fully saturated rings. The van der Waals surface area contributed by atoms with E-state index in [4.69, 9.17) is 4.42 Å². The highest BCUT2D eigenvalue weighted by molar-refractivity contribution is 7.26. The maximum atomic E-state index is 7.11. The molecule has 0 bridgehead atoms. The third kappa shape index (κ3) is 6.67.